The van der Waals surface area contributed by atoms with Gasteiger partial charge >= 0.3 is 6.16 Å². The Hall–Kier alpha value is -4.34. The standard InChI is InChI=1S/C27H28N6O4/c1-2-24(34)33(17-27(37-26(35)36)13-5-6-14-27)16-18-9-11-22-19(15-18)10-12-23(28-22)20-7-3-4-8-21(20)25-29-31-32-30-25/h3-4,7-12,15H,2,5-6,13-14,16-17H2,1H3,(H,35,36)(H,29,30,31,32). The zero-order chi connectivity index (χ0) is 25.8. The summed E-state index contributed by atoms with van der Waals surface area (Å²) >= 11 is 0. The minimum atomic E-state index is -1.29. The molecule has 1 amide bonds. The molecule has 1 aliphatic carbocycles. The van der Waals surface area contributed by atoms with E-state index in [2.05, 4.69) is 20.6 Å². The quantitative estimate of drug-likeness (QED) is 0.329. The largest absolute Gasteiger partial charge is 0.506 e. The molecule has 1 aliphatic rings. The van der Waals surface area contributed by atoms with Crippen LogP contribution in [-0.4, -0.2) is 59.8 Å². The number of hydrogen-bond donors (Lipinski definition) is 2. The van der Waals surface area contributed by atoms with Gasteiger partial charge in [-0.15, -0.1) is 10.2 Å². The summed E-state index contributed by atoms with van der Waals surface area (Å²) in [5, 5.41) is 24.6. The van der Waals surface area contributed by atoms with Crippen molar-refractivity contribution in [2.45, 2.75) is 51.2 Å². The van der Waals surface area contributed by atoms with Crippen LogP contribution in [0, 0.1) is 0 Å². The van der Waals surface area contributed by atoms with E-state index in [9.17, 15) is 14.7 Å². The summed E-state index contributed by atoms with van der Waals surface area (Å²) < 4.78 is 5.32. The second-order valence-corrected chi connectivity index (χ2v) is 9.37. The zero-order valence-electron chi connectivity index (χ0n) is 20.6. The van der Waals surface area contributed by atoms with Gasteiger partial charge in [0.15, 0.2) is 0 Å². The summed E-state index contributed by atoms with van der Waals surface area (Å²) in [6.07, 6.45) is 2.08. The number of benzene rings is 2. The normalized spacial score (nSPS) is 14.5. The van der Waals surface area contributed by atoms with Crippen LogP contribution < -0.4 is 0 Å². The van der Waals surface area contributed by atoms with Gasteiger partial charge in [0.25, 0.3) is 0 Å². The summed E-state index contributed by atoms with van der Waals surface area (Å²) in [6, 6.07) is 17.6. The molecule has 2 aromatic carbocycles. The molecule has 2 heterocycles. The fraction of sp³-hybridized carbons (Fsp3) is 0.333. The molecule has 5 rings (SSSR count). The van der Waals surface area contributed by atoms with Crippen molar-refractivity contribution < 1.29 is 19.4 Å². The van der Waals surface area contributed by atoms with Crippen molar-refractivity contribution in [1.29, 1.82) is 0 Å². The van der Waals surface area contributed by atoms with Gasteiger partial charge in [-0.2, -0.15) is 5.21 Å². The van der Waals surface area contributed by atoms with E-state index in [1.165, 1.54) is 0 Å². The SMILES string of the molecule is CCC(=O)N(Cc1ccc2nc(-c3ccccc3-c3nn[nH]n3)ccc2c1)CC1(OC(=O)O)CCCC1. The van der Waals surface area contributed by atoms with Crippen molar-refractivity contribution in [3.63, 3.8) is 0 Å². The molecule has 10 nitrogen and oxygen atoms in total. The van der Waals surface area contributed by atoms with E-state index in [4.69, 9.17) is 9.72 Å². The number of nitrogens with zero attached hydrogens (tertiary/aromatic N) is 5. The number of carbonyl (C=O) groups excluding carboxylic acids is 1. The molecule has 190 valence electrons. The maximum absolute atomic E-state index is 12.8. The third kappa shape index (κ3) is 5.28. The number of amides is 1. The van der Waals surface area contributed by atoms with Gasteiger partial charge in [0.05, 0.1) is 17.8 Å². The lowest BCUT2D eigenvalue weighted by atomic mass is 10.00. The number of carboxylic acid groups (broad SMARTS) is 1. The number of nitrogens with one attached hydrogen (secondary N) is 1. The Morgan fingerprint density at radius 2 is 1.86 bits per heavy atom. The Balaban J connectivity index is 1.41. The average Bonchev–Trinajstić information content (AvgIpc) is 3.60. The first-order chi connectivity index (χ1) is 18.0. The summed E-state index contributed by atoms with van der Waals surface area (Å²) in [5.41, 5.74) is 3.44. The fourth-order valence-electron chi connectivity index (χ4n) is 5.12. The first-order valence-electron chi connectivity index (χ1n) is 12.4. The van der Waals surface area contributed by atoms with Crippen LogP contribution in [0.4, 0.5) is 4.79 Å². The Labute approximate surface area is 213 Å². The number of pyridine rings is 1. The number of rotatable bonds is 8. The van der Waals surface area contributed by atoms with Crippen molar-refractivity contribution in [1.82, 2.24) is 30.5 Å². The highest BCUT2D eigenvalue weighted by atomic mass is 16.7. The average molecular weight is 501 g/mol. The number of carbonyl (C=O) groups is 2. The molecule has 1 fully saturated rings. The lowest BCUT2D eigenvalue weighted by molar-refractivity contribution is -0.136. The van der Waals surface area contributed by atoms with Gasteiger partial charge in [0, 0.05) is 29.5 Å². The highest BCUT2D eigenvalue weighted by Crippen LogP contribution is 2.35. The van der Waals surface area contributed by atoms with E-state index in [0.717, 1.165) is 46.1 Å². The molecule has 0 bridgehead atoms. The molecule has 0 aliphatic heterocycles. The Morgan fingerprint density at radius 3 is 2.57 bits per heavy atom. The number of aromatic nitrogens is 5. The van der Waals surface area contributed by atoms with E-state index in [1.807, 2.05) is 61.5 Å². The molecule has 2 N–H and O–H groups in total. The van der Waals surface area contributed by atoms with Crippen molar-refractivity contribution in [2.24, 2.45) is 0 Å². The number of hydrogen-bond acceptors (Lipinski definition) is 7. The van der Waals surface area contributed by atoms with Gasteiger partial charge in [-0.25, -0.2) is 9.78 Å². The molecule has 0 saturated heterocycles. The summed E-state index contributed by atoms with van der Waals surface area (Å²) in [6.45, 7) is 2.44. The summed E-state index contributed by atoms with van der Waals surface area (Å²) in [4.78, 5) is 30.8. The fourth-order valence-corrected chi connectivity index (χ4v) is 5.12. The third-order valence-electron chi connectivity index (χ3n) is 6.87. The van der Waals surface area contributed by atoms with Gasteiger partial charge < -0.3 is 14.7 Å². The van der Waals surface area contributed by atoms with Crippen LogP contribution in [0.1, 0.15) is 44.6 Å². The predicted molar refractivity (Wildman–Crippen MR) is 136 cm³/mol. The number of aromatic amines is 1. The van der Waals surface area contributed by atoms with Crippen LogP contribution in [0.15, 0.2) is 54.6 Å². The monoisotopic (exact) mass is 500 g/mol. The van der Waals surface area contributed by atoms with Gasteiger partial charge in [-0.3, -0.25) is 4.79 Å². The Morgan fingerprint density at radius 1 is 1.08 bits per heavy atom. The molecule has 0 radical (unpaired) electrons. The van der Waals surface area contributed by atoms with Gasteiger partial charge in [0.1, 0.15) is 5.60 Å². The lowest BCUT2D eigenvalue weighted by Gasteiger charge is -2.34. The second-order valence-electron chi connectivity index (χ2n) is 9.37. The lowest BCUT2D eigenvalue weighted by Crippen LogP contribution is -2.46. The van der Waals surface area contributed by atoms with Crippen molar-refractivity contribution in [2.75, 3.05) is 6.54 Å². The van der Waals surface area contributed by atoms with Crippen LogP contribution in [0.25, 0.3) is 33.5 Å². The topological polar surface area (TPSA) is 134 Å². The first kappa shape index (κ1) is 24.4. The molecule has 0 spiro atoms. The smallest absolute Gasteiger partial charge is 0.450 e. The molecule has 1 saturated carbocycles. The third-order valence-corrected chi connectivity index (χ3v) is 6.87. The minimum absolute atomic E-state index is 0.0353. The van der Waals surface area contributed by atoms with Crippen LogP contribution in [0.3, 0.4) is 0 Å². The molecule has 0 unspecified atom stereocenters. The molecular weight excluding hydrogens is 472 g/mol. The van der Waals surface area contributed by atoms with E-state index in [-0.39, 0.29) is 12.5 Å². The highest BCUT2D eigenvalue weighted by Gasteiger charge is 2.40. The van der Waals surface area contributed by atoms with E-state index in [0.29, 0.717) is 31.6 Å². The number of H-pyrrole nitrogens is 1. The maximum atomic E-state index is 12.8. The molecule has 0 atom stereocenters. The van der Waals surface area contributed by atoms with Crippen LogP contribution in [0.5, 0.6) is 0 Å². The van der Waals surface area contributed by atoms with Gasteiger partial charge in [-0.1, -0.05) is 43.3 Å². The van der Waals surface area contributed by atoms with Crippen LogP contribution >= 0.6 is 0 Å². The molecule has 4 aromatic rings. The van der Waals surface area contributed by atoms with Crippen LogP contribution in [-0.2, 0) is 16.1 Å². The van der Waals surface area contributed by atoms with Crippen LogP contribution in [0.2, 0.25) is 0 Å². The highest BCUT2D eigenvalue weighted by molar-refractivity contribution is 5.85. The predicted octanol–water partition coefficient (Wildman–Crippen LogP) is 4.83. The number of ether oxygens (including phenoxy) is 1. The number of tetrazole rings is 1. The number of fused-ring (bicyclic) bond motifs is 1. The molecule has 37 heavy (non-hydrogen) atoms. The summed E-state index contributed by atoms with van der Waals surface area (Å²) in [5.74, 6) is 0.465. The Kier molecular flexibility index (Phi) is 6.80. The van der Waals surface area contributed by atoms with Crippen molar-refractivity contribution in [3.8, 4) is 22.6 Å². The van der Waals surface area contributed by atoms with E-state index >= 15 is 0 Å². The zero-order valence-corrected chi connectivity index (χ0v) is 20.6. The first-order valence-corrected chi connectivity index (χ1v) is 12.4. The minimum Gasteiger partial charge on any atom is -0.450 e. The molecule has 2 aromatic heterocycles. The van der Waals surface area contributed by atoms with Gasteiger partial charge in [0.2, 0.25) is 11.7 Å². The maximum Gasteiger partial charge on any atom is 0.506 e. The second kappa shape index (κ2) is 10.3. The Bertz CT molecular complexity index is 1420. The van der Waals surface area contributed by atoms with Crippen molar-refractivity contribution in [3.05, 3.63) is 60.2 Å². The van der Waals surface area contributed by atoms with E-state index < -0.39 is 11.8 Å². The van der Waals surface area contributed by atoms with Gasteiger partial charge in [-0.05, 0) is 54.7 Å². The molecular formula is C27H28N6O4. The van der Waals surface area contributed by atoms with Crippen molar-refractivity contribution >= 4 is 23.0 Å². The van der Waals surface area contributed by atoms with E-state index in [1.54, 1.807) is 4.90 Å². The molecule has 10 heteroatoms. The summed E-state index contributed by atoms with van der Waals surface area (Å²) in [7, 11) is 0.